The molecule has 0 aromatic heterocycles. The second kappa shape index (κ2) is 4.23. The van der Waals surface area contributed by atoms with Crippen LogP contribution in [0.3, 0.4) is 0 Å². The quantitative estimate of drug-likeness (QED) is 0.775. The van der Waals surface area contributed by atoms with Gasteiger partial charge in [0.2, 0.25) is 0 Å². The summed E-state index contributed by atoms with van der Waals surface area (Å²) in [6.45, 7) is 2.59. The molecule has 0 radical (unpaired) electrons. The highest BCUT2D eigenvalue weighted by atomic mass is 79.9. The topological polar surface area (TPSA) is 35.5 Å². The van der Waals surface area contributed by atoms with Crippen LogP contribution in [-0.2, 0) is 9.53 Å². The van der Waals surface area contributed by atoms with Crippen LogP contribution in [0.2, 0.25) is 0 Å². The molecule has 15 heavy (non-hydrogen) atoms. The number of carbonyl (C=O) groups is 1. The molecule has 2 rings (SSSR count). The van der Waals surface area contributed by atoms with Crippen LogP contribution in [0.25, 0.3) is 0 Å². The molecule has 4 heteroatoms. The lowest BCUT2D eigenvalue weighted by molar-refractivity contribution is -0.145. The van der Waals surface area contributed by atoms with Gasteiger partial charge in [-0.2, -0.15) is 0 Å². The maximum absolute atomic E-state index is 11.6. The number of carbonyl (C=O) groups excluding carboxylic acids is 1. The normalized spacial score (nSPS) is 18.1. The van der Waals surface area contributed by atoms with E-state index in [0.717, 1.165) is 15.8 Å². The Morgan fingerprint density at radius 1 is 1.67 bits per heavy atom. The van der Waals surface area contributed by atoms with Crippen molar-refractivity contribution >= 4 is 21.9 Å². The van der Waals surface area contributed by atoms with E-state index in [4.69, 9.17) is 9.47 Å². The predicted octanol–water partition coefficient (Wildman–Crippen LogP) is 2.49. The van der Waals surface area contributed by atoms with Crippen molar-refractivity contribution < 1.29 is 14.3 Å². The molecular weight excluding hydrogens is 260 g/mol. The van der Waals surface area contributed by atoms with Crippen molar-refractivity contribution in [3.8, 4) is 5.75 Å². The lowest BCUT2D eigenvalue weighted by Gasteiger charge is -2.07. The average Bonchev–Trinajstić information content (AvgIpc) is 2.60. The molecule has 3 nitrogen and oxygen atoms in total. The van der Waals surface area contributed by atoms with Gasteiger partial charge in [-0.1, -0.05) is 22.0 Å². The summed E-state index contributed by atoms with van der Waals surface area (Å²) in [5.41, 5.74) is 0.914. The number of hydrogen-bond acceptors (Lipinski definition) is 3. The minimum Gasteiger partial charge on any atom is -0.492 e. The van der Waals surface area contributed by atoms with E-state index in [-0.39, 0.29) is 11.9 Å². The number of ether oxygens (including phenoxy) is 2. The summed E-state index contributed by atoms with van der Waals surface area (Å²) in [7, 11) is 0. The van der Waals surface area contributed by atoms with E-state index < -0.39 is 0 Å². The van der Waals surface area contributed by atoms with Crippen LogP contribution in [0, 0.1) is 0 Å². The molecule has 0 N–H and O–H groups in total. The van der Waals surface area contributed by atoms with Crippen LogP contribution < -0.4 is 4.74 Å². The van der Waals surface area contributed by atoms with Crippen LogP contribution >= 0.6 is 15.9 Å². The summed E-state index contributed by atoms with van der Waals surface area (Å²) in [5.74, 6) is 0.286. The molecule has 1 unspecified atom stereocenters. The molecule has 1 atom stereocenters. The first-order chi connectivity index (χ1) is 7.22. The van der Waals surface area contributed by atoms with Gasteiger partial charge in [-0.05, 0) is 19.1 Å². The Labute approximate surface area is 96.5 Å². The van der Waals surface area contributed by atoms with Crippen molar-refractivity contribution in [2.24, 2.45) is 0 Å². The number of esters is 1. The molecule has 1 heterocycles. The fraction of sp³-hybridized carbons (Fsp3) is 0.364. The first-order valence-corrected chi connectivity index (χ1v) is 5.60. The smallest absolute Gasteiger partial charge is 0.317 e. The summed E-state index contributed by atoms with van der Waals surface area (Å²) in [6.07, 6.45) is 0. The summed E-state index contributed by atoms with van der Waals surface area (Å²) < 4.78 is 11.4. The molecular formula is C11H11BrO3. The van der Waals surface area contributed by atoms with Crippen molar-refractivity contribution in [3.63, 3.8) is 0 Å². The minimum atomic E-state index is -0.270. The number of hydrogen-bond donors (Lipinski definition) is 0. The molecule has 0 saturated heterocycles. The third kappa shape index (κ3) is 2.00. The van der Waals surface area contributed by atoms with Gasteiger partial charge in [-0.3, -0.25) is 4.79 Å². The van der Waals surface area contributed by atoms with Gasteiger partial charge in [0.25, 0.3) is 0 Å². The number of rotatable bonds is 2. The predicted molar refractivity (Wildman–Crippen MR) is 59.0 cm³/mol. The Balaban J connectivity index is 2.25. The third-order valence-corrected chi connectivity index (χ3v) is 2.82. The van der Waals surface area contributed by atoms with E-state index in [9.17, 15) is 4.79 Å². The lowest BCUT2D eigenvalue weighted by Crippen LogP contribution is -2.16. The molecule has 0 saturated carbocycles. The number of benzene rings is 1. The maximum atomic E-state index is 11.6. The second-order valence-electron chi connectivity index (χ2n) is 3.30. The zero-order valence-electron chi connectivity index (χ0n) is 8.33. The van der Waals surface area contributed by atoms with E-state index in [1.165, 1.54) is 0 Å². The molecule has 0 spiro atoms. The van der Waals surface area contributed by atoms with E-state index >= 15 is 0 Å². The zero-order chi connectivity index (χ0) is 10.8. The van der Waals surface area contributed by atoms with Crippen LogP contribution in [0.4, 0.5) is 0 Å². The Morgan fingerprint density at radius 3 is 3.20 bits per heavy atom. The summed E-state index contributed by atoms with van der Waals surface area (Å²) >= 11 is 3.36. The lowest BCUT2D eigenvalue weighted by atomic mass is 10.0. The Morgan fingerprint density at radius 2 is 2.47 bits per heavy atom. The van der Waals surface area contributed by atoms with Crippen molar-refractivity contribution in [3.05, 3.63) is 28.2 Å². The zero-order valence-corrected chi connectivity index (χ0v) is 9.91. The summed E-state index contributed by atoms with van der Waals surface area (Å²) in [5, 5.41) is 0. The second-order valence-corrected chi connectivity index (χ2v) is 4.21. The minimum absolute atomic E-state index is 0.210. The van der Waals surface area contributed by atoms with Gasteiger partial charge < -0.3 is 9.47 Å². The number of halogens is 1. The fourth-order valence-corrected chi connectivity index (χ4v) is 1.96. The van der Waals surface area contributed by atoms with E-state index in [1.54, 1.807) is 6.92 Å². The molecule has 0 amide bonds. The van der Waals surface area contributed by atoms with Crippen molar-refractivity contribution in [1.29, 1.82) is 0 Å². The van der Waals surface area contributed by atoms with Crippen LogP contribution in [-0.4, -0.2) is 19.2 Å². The Kier molecular flexibility index (Phi) is 2.95. The van der Waals surface area contributed by atoms with Gasteiger partial charge in [-0.15, -0.1) is 0 Å². The van der Waals surface area contributed by atoms with Gasteiger partial charge in [-0.25, -0.2) is 0 Å². The first-order valence-electron chi connectivity index (χ1n) is 4.81. The van der Waals surface area contributed by atoms with Gasteiger partial charge >= 0.3 is 5.97 Å². The van der Waals surface area contributed by atoms with Gasteiger partial charge in [0.05, 0.1) is 6.61 Å². The summed E-state index contributed by atoms with van der Waals surface area (Å²) in [6, 6.07) is 5.67. The molecule has 0 fully saturated rings. The molecule has 0 bridgehead atoms. The largest absolute Gasteiger partial charge is 0.492 e. The maximum Gasteiger partial charge on any atom is 0.317 e. The monoisotopic (exact) mass is 270 g/mol. The highest BCUT2D eigenvalue weighted by Gasteiger charge is 2.31. The molecule has 0 aliphatic carbocycles. The molecule has 80 valence electrons. The van der Waals surface area contributed by atoms with Crippen molar-refractivity contribution in [1.82, 2.24) is 0 Å². The van der Waals surface area contributed by atoms with E-state index in [1.807, 2.05) is 18.2 Å². The molecule has 1 aromatic rings. The third-order valence-electron chi connectivity index (χ3n) is 2.33. The average molecular weight is 271 g/mol. The van der Waals surface area contributed by atoms with Crippen molar-refractivity contribution in [2.75, 3.05) is 13.2 Å². The van der Waals surface area contributed by atoms with Crippen molar-refractivity contribution in [2.45, 2.75) is 12.8 Å². The standard InChI is InChI=1S/C11H11BrO3/c1-2-14-11(13)9-6-15-10-5-7(12)3-4-8(9)10/h3-5,9H,2,6H2,1H3. The highest BCUT2D eigenvalue weighted by molar-refractivity contribution is 9.10. The SMILES string of the molecule is CCOC(=O)C1COc2cc(Br)ccc21. The Hall–Kier alpha value is -1.03. The van der Waals surface area contributed by atoms with Gasteiger partial charge in [0, 0.05) is 10.0 Å². The van der Waals surface area contributed by atoms with Gasteiger partial charge in [0.1, 0.15) is 18.3 Å². The van der Waals surface area contributed by atoms with E-state index in [0.29, 0.717) is 13.2 Å². The fourth-order valence-electron chi connectivity index (χ4n) is 1.62. The van der Waals surface area contributed by atoms with Gasteiger partial charge in [0.15, 0.2) is 0 Å². The summed E-state index contributed by atoms with van der Waals surface area (Å²) in [4.78, 5) is 11.6. The molecule has 1 aliphatic heterocycles. The number of fused-ring (bicyclic) bond motifs is 1. The molecule has 1 aromatic carbocycles. The van der Waals surface area contributed by atoms with Crippen LogP contribution in [0.15, 0.2) is 22.7 Å². The Bertz CT molecular complexity index is 389. The van der Waals surface area contributed by atoms with Crippen LogP contribution in [0.1, 0.15) is 18.4 Å². The van der Waals surface area contributed by atoms with Crippen LogP contribution in [0.5, 0.6) is 5.75 Å². The van der Waals surface area contributed by atoms with E-state index in [2.05, 4.69) is 15.9 Å². The molecule has 1 aliphatic rings. The highest BCUT2D eigenvalue weighted by Crippen LogP contribution is 2.36. The first kappa shape index (κ1) is 10.5.